The lowest BCUT2D eigenvalue weighted by molar-refractivity contribution is 0.665. The Balaban J connectivity index is 1.75. The van der Waals surface area contributed by atoms with Crippen molar-refractivity contribution in [3.8, 4) is 0 Å². The van der Waals surface area contributed by atoms with Crippen molar-refractivity contribution in [2.45, 2.75) is 38.6 Å². The average molecular weight is 253 g/mol. The van der Waals surface area contributed by atoms with Gasteiger partial charge in [-0.2, -0.15) is 0 Å². The van der Waals surface area contributed by atoms with E-state index in [0.717, 1.165) is 17.8 Å². The summed E-state index contributed by atoms with van der Waals surface area (Å²) >= 11 is 0. The molecule has 0 aliphatic heterocycles. The first-order chi connectivity index (χ1) is 9.22. The molecular formula is C16H19N3. The average Bonchev–Trinajstić information content (AvgIpc) is 2.87. The van der Waals surface area contributed by atoms with Gasteiger partial charge in [-0.1, -0.05) is 18.2 Å². The topological polar surface area (TPSA) is 51.8 Å². The predicted molar refractivity (Wildman–Crippen MR) is 75.9 cm³/mol. The second kappa shape index (κ2) is 5.10. The number of benzene rings is 1. The van der Waals surface area contributed by atoms with Crippen molar-refractivity contribution in [1.82, 2.24) is 9.97 Å². The minimum atomic E-state index is -0.125. The fourth-order valence-corrected chi connectivity index (χ4v) is 2.69. The van der Waals surface area contributed by atoms with Crippen molar-refractivity contribution < 1.29 is 0 Å². The smallest absolute Gasteiger partial charge is 0.145 e. The summed E-state index contributed by atoms with van der Waals surface area (Å²) in [4.78, 5) is 8.62. The molecule has 3 heteroatoms. The van der Waals surface area contributed by atoms with Gasteiger partial charge in [-0.05, 0) is 54.9 Å². The molecule has 0 radical (unpaired) electrons. The molecule has 1 unspecified atom stereocenters. The van der Waals surface area contributed by atoms with Crippen LogP contribution in [0.15, 0.2) is 30.6 Å². The number of rotatable bonds is 3. The molecular weight excluding hydrogens is 234 g/mol. The summed E-state index contributed by atoms with van der Waals surface area (Å²) in [7, 11) is 0. The zero-order valence-corrected chi connectivity index (χ0v) is 11.3. The predicted octanol–water partition coefficient (Wildman–Crippen LogP) is 2.52. The van der Waals surface area contributed by atoms with Crippen LogP contribution in [-0.4, -0.2) is 9.97 Å². The third-order valence-electron chi connectivity index (χ3n) is 3.75. The van der Waals surface area contributed by atoms with Crippen molar-refractivity contribution in [3.63, 3.8) is 0 Å². The van der Waals surface area contributed by atoms with E-state index < -0.39 is 0 Å². The highest BCUT2D eigenvalue weighted by atomic mass is 14.9. The zero-order chi connectivity index (χ0) is 13.2. The van der Waals surface area contributed by atoms with Crippen LogP contribution in [0.5, 0.6) is 0 Å². The Bertz CT molecular complexity index is 575. The molecule has 0 fully saturated rings. The second-order valence-corrected chi connectivity index (χ2v) is 5.39. The molecule has 0 saturated heterocycles. The highest BCUT2D eigenvalue weighted by Crippen LogP contribution is 2.24. The Labute approximate surface area is 113 Å². The Morgan fingerprint density at radius 3 is 2.68 bits per heavy atom. The van der Waals surface area contributed by atoms with Crippen molar-refractivity contribution in [2.75, 3.05) is 0 Å². The molecule has 3 rings (SSSR count). The first kappa shape index (κ1) is 12.3. The van der Waals surface area contributed by atoms with Gasteiger partial charge in [0.15, 0.2) is 0 Å². The molecule has 0 spiro atoms. The molecule has 0 bridgehead atoms. The van der Waals surface area contributed by atoms with Gasteiger partial charge in [0, 0.05) is 12.4 Å². The monoisotopic (exact) mass is 253 g/mol. The van der Waals surface area contributed by atoms with Gasteiger partial charge in [0.05, 0.1) is 6.04 Å². The summed E-state index contributed by atoms with van der Waals surface area (Å²) in [6, 6.07) is 6.62. The Kier molecular flexibility index (Phi) is 3.30. The Morgan fingerprint density at radius 2 is 1.89 bits per heavy atom. The molecule has 2 aromatic rings. The maximum absolute atomic E-state index is 6.20. The molecule has 0 amide bonds. The summed E-state index contributed by atoms with van der Waals surface area (Å²) in [5.74, 6) is 0.728. The number of fused-ring (bicyclic) bond motifs is 1. The van der Waals surface area contributed by atoms with Crippen molar-refractivity contribution >= 4 is 0 Å². The van der Waals surface area contributed by atoms with E-state index in [9.17, 15) is 0 Å². The molecule has 1 aromatic heterocycles. The molecule has 19 heavy (non-hydrogen) atoms. The normalized spacial score (nSPS) is 15.3. The van der Waals surface area contributed by atoms with Crippen LogP contribution < -0.4 is 5.73 Å². The number of aryl methyl sites for hydroxylation is 3. The van der Waals surface area contributed by atoms with Gasteiger partial charge in [-0.3, -0.25) is 0 Å². The third-order valence-corrected chi connectivity index (χ3v) is 3.75. The van der Waals surface area contributed by atoms with E-state index in [4.69, 9.17) is 5.73 Å². The maximum Gasteiger partial charge on any atom is 0.145 e. The third kappa shape index (κ3) is 2.66. The minimum Gasteiger partial charge on any atom is -0.321 e. The van der Waals surface area contributed by atoms with Crippen molar-refractivity contribution in [3.05, 3.63) is 58.7 Å². The van der Waals surface area contributed by atoms with Crippen LogP contribution in [0.4, 0.5) is 0 Å². The van der Waals surface area contributed by atoms with E-state index in [2.05, 4.69) is 28.2 Å². The summed E-state index contributed by atoms with van der Waals surface area (Å²) in [6.45, 7) is 1.98. The fourth-order valence-electron chi connectivity index (χ4n) is 2.69. The van der Waals surface area contributed by atoms with Crippen LogP contribution in [0, 0.1) is 6.92 Å². The minimum absolute atomic E-state index is 0.125. The van der Waals surface area contributed by atoms with Crippen molar-refractivity contribution in [1.29, 1.82) is 0 Å². The van der Waals surface area contributed by atoms with Crippen LogP contribution in [0.1, 0.15) is 40.5 Å². The lowest BCUT2D eigenvalue weighted by Gasteiger charge is -2.11. The van der Waals surface area contributed by atoms with E-state index in [1.165, 1.54) is 36.0 Å². The number of nitrogens with two attached hydrogens (primary N) is 1. The van der Waals surface area contributed by atoms with Gasteiger partial charge < -0.3 is 5.73 Å². The molecule has 2 N–H and O–H groups in total. The highest BCUT2D eigenvalue weighted by Gasteiger charge is 2.14. The molecule has 1 aromatic carbocycles. The van der Waals surface area contributed by atoms with Crippen LogP contribution >= 0.6 is 0 Å². The molecule has 3 nitrogen and oxygen atoms in total. The second-order valence-electron chi connectivity index (χ2n) is 5.39. The summed E-state index contributed by atoms with van der Waals surface area (Å²) < 4.78 is 0. The molecule has 98 valence electrons. The Morgan fingerprint density at radius 1 is 1.16 bits per heavy atom. The van der Waals surface area contributed by atoms with E-state index in [1.807, 2.05) is 19.3 Å². The van der Waals surface area contributed by atoms with E-state index >= 15 is 0 Å². The number of hydrogen-bond donors (Lipinski definition) is 1. The lowest BCUT2D eigenvalue weighted by Crippen LogP contribution is -2.16. The molecule has 1 aliphatic carbocycles. The van der Waals surface area contributed by atoms with E-state index in [1.54, 1.807) is 0 Å². The first-order valence-electron chi connectivity index (χ1n) is 6.87. The largest absolute Gasteiger partial charge is 0.321 e. The molecule has 1 atom stereocenters. The summed E-state index contributed by atoms with van der Waals surface area (Å²) in [5, 5.41) is 0. The first-order valence-corrected chi connectivity index (χ1v) is 6.87. The van der Waals surface area contributed by atoms with E-state index in [-0.39, 0.29) is 6.04 Å². The van der Waals surface area contributed by atoms with Gasteiger partial charge >= 0.3 is 0 Å². The van der Waals surface area contributed by atoms with Gasteiger partial charge in [-0.25, -0.2) is 9.97 Å². The SMILES string of the molecule is Cc1cnc(C(N)Cc2ccc3c(c2)CCC3)nc1. The maximum atomic E-state index is 6.20. The number of hydrogen-bond acceptors (Lipinski definition) is 3. The van der Waals surface area contributed by atoms with Crippen LogP contribution in [0.2, 0.25) is 0 Å². The van der Waals surface area contributed by atoms with Gasteiger partial charge in [0.1, 0.15) is 5.82 Å². The number of aromatic nitrogens is 2. The standard InChI is InChI=1S/C16H19N3/c1-11-9-18-16(19-10-11)15(17)8-12-5-6-13-3-2-4-14(13)7-12/h5-7,9-10,15H,2-4,8,17H2,1H3. The Hall–Kier alpha value is -1.74. The molecule has 1 aliphatic rings. The van der Waals surface area contributed by atoms with Gasteiger partial charge in [0.2, 0.25) is 0 Å². The van der Waals surface area contributed by atoms with Crippen LogP contribution in [-0.2, 0) is 19.3 Å². The van der Waals surface area contributed by atoms with E-state index in [0.29, 0.717) is 0 Å². The van der Waals surface area contributed by atoms with Crippen LogP contribution in [0.25, 0.3) is 0 Å². The molecule has 1 heterocycles. The lowest BCUT2D eigenvalue weighted by atomic mass is 10.0. The fraction of sp³-hybridized carbons (Fsp3) is 0.375. The molecule has 0 saturated carbocycles. The summed E-state index contributed by atoms with van der Waals surface area (Å²) in [5.41, 5.74) is 11.5. The van der Waals surface area contributed by atoms with Gasteiger partial charge in [0.25, 0.3) is 0 Å². The van der Waals surface area contributed by atoms with Crippen LogP contribution in [0.3, 0.4) is 0 Å². The zero-order valence-electron chi connectivity index (χ0n) is 11.3. The quantitative estimate of drug-likeness (QED) is 0.914. The van der Waals surface area contributed by atoms with Crippen molar-refractivity contribution in [2.24, 2.45) is 5.73 Å². The summed E-state index contributed by atoms with van der Waals surface area (Å²) in [6.07, 6.45) is 8.17. The van der Waals surface area contributed by atoms with Gasteiger partial charge in [-0.15, -0.1) is 0 Å². The number of nitrogens with zero attached hydrogens (tertiary/aromatic N) is 2. The highest BCUT2D eigenvalue weighted by molar-refractivity contribution is 5.35.